The minimum Gasteiger partial charge on any atom is -0.346 e. The third kappa shape index (κ3) is 3.30. The van der Waals surface area contributed by atoms with Crippen molar-refractivity contribution >= 4 is 11.5 Å². The molecule has 1 aromatic carbocycles. The van der Waals surface area contributed by atoms with Crippen LogP contribution in [-0.4, -0.2) is 14.7 Å². The summed E-state index contributed by atoms with van der Waals surface area (Å²) in [5.74, 6) is 0.524. The van der Waals surface area contributed by atoms with Crippen molar-refractivity contribution in [3.8, 4) is 17.3 Å². The molecule has 2 rings (SSSR count). The number of hydrogen-bond acceptors (Lipinski definition) is 5. The number of nitrogens with zero attached hydrogens (tertiary/aromatic N) is 4. The van der Waals surface area contributed by atoms with Crippen LogP contribution in [-0.2, 0) is 7.05 Å². The fraction of sp³-hybridized carbons (Fsp3) is 0.200. The van der Waals surface area contributed by atoms with Gasteiger partial charge in [0, 0.05) is 24.7 Å². The Kier molecular flexibility index (Phi) is 5.84. The summed E-state index contributed by atoms with van der Waals surface area (Å²) in [4.78, 5) is 10.2. The number of nitro benzene ring substituents is 1. The number of aromatic nitrogens is 2. The summed E-state index contributed by atoms with van der Waals surface area (Å²) < 4.78 is 1.52. The molecule has 2 aromatic rings. The molecule has 0 saturated carbocycles. The monoisotopic (exact) mass is 299 g/mol. The van der Waals surface area contributed by atoms with Crippen LogP contribution in [0.3, 0.4) is 0 Å². The van der Waals surface area contributed by atoms with Crippen molar-refractivity contribution in [2.45, 2.75) is 13.8 Å². The van der Waals surface area contributed by atoms with Gasteiger partial charge < -0.3 is 5.32 Å². The number of nitriles is 1. The van der Waals surface area contributed by atoms with Gasteiger partial charge in [0.05, 0.1) is 4.92 Å². The highest BCUT2D eigenvalue weighted by molar-refractivity contribution is 5.74. The SMILES string of the molecule is C=CNc1c(C#N)c(-c2ccc([N+](=O)[O-])cc2)nn1C.CC. The Morgan fingerprint density at radius 2 is 2.00 bits per heavy atom. The molecule has 0 aliphatic rings. The van der Waals surface area contributed by atoms with Crippen LogP contribution in [0.1, 0.15) is 19.4 Å². The fourth-order valence-electron chi connectivity index (χ4n) is 1.84. The van der Waals surface area contributed by atoms with Gasteiger partial charge in [-0.25, -0.2) is 0 Å². The summed E-state index contributed by atoms with van der Waals surface area (Å²) in [6, 6.07) is 7.98. The van der Waals surface area contributed by atoms with Crippen LogP contribution >= 0.6 is 0 Å². The Hall–Kier alpha value is -3.14. The van der Waals surface area contributed by atoms with Crippen molar-refractivity contribution in [1.29, 1.82) is 5.26 Å². The molecule has 0 radical (unpaired) electrons. The fourth-order valence-corrected chi connectivity index (χ4v) is 1.84. The van der Waals surface area contributed by atoms with Crippen molar-refractivity contribution in [2.24, 2.45) is 7.05 Å². The van der Waals surface area contributed by atoms with Crippen LogP contribution in [0.25, 0.3) is 11.3 Å². The van der Waals surface area contributed by atoms with E-state index in [0.717, 1.165) is 0 Å². The van der Waals surface area contributed by atoms with Crippen molar-refractivity contribution in [3.63, 3.8) is 0 Å². The van der Waals surface area contributed by atoms with Crippen LogP contribution in [0.4, 0.5) is 11.5 Å². The van der Waals surface area contributed by atoms with Crippen molar-refractivity contribution in [2.75, 3.05) is 5.32 Å². The maximum absolute atomic E-state index is 10.6. The number of non-ortho nitro benzene ring substituents is 1. The molecule has 0 aliphatic carbocycles. The molecule has 0 atom stereocenters. The lowest BCUT2D eigenvalue weighted by Crippen LogP contribution is -1.98. The Morgan fingerprint density at radius 3 is 2.45 bits per heavy atom. The van der Waals surface area contributed by atoms with Gasteiger partial charge in [-0.15, -0.1) is 0 Å². The highest BCUT2D eigenvalue weighted by Crippen LogP contribution is 2.28. The summed E-state index contributed by atoms with van der Waals surface area (Å²) in [6.45, 7) is 7.55. The average molecular weight is 299 g/mol. The lowest BCUT2D eigenvalue weighted by atomic mass is 10.1. The highest BCUT2D eigenvalue weighted by atomic mass is 16.6. The summed E-state index contributed by atoms with van der Waals surface area (Å²) >= 11 is 0. The van der Waals surface area contributed by atoms with Crippen molar-refractivity contribution < 1.29 is 4.92 Å². The largest absolute Gasteiger partial charge is 0.346 e. The van der Waals surface area contributed by atoms with Gasteiger partial charge >= 0.3 is 0 Å². The Labute approximate surface area is 128 Å². The number of hydrogen-bond donors (Lipinski definition) is 1. The van der Waals surface area contributed by atoms with Gasteiger partial charge in [-0.2, -0.15) is 10.4 Å². The standard InChI is InChI=1S/C13H11N5O2.C2H6/c1-3-15-13-11(8-14)12(16-17(13)2)9-4-6-10(7-5-9)18(19)20;1-2/h3-7,15H,1H2,2H3;1-2H3. The van der Waals surface area contributed by atoms with Gasteiger partial charge in [0.25, 0.3) is 5.69 Å². The summed E-state index contributed by atoms with van der Waals surface area (Å²) in [7, 11) is 1.70. The molecular weight excluding hydrogens is 282 g/mol. The molecule has 0 fully saturated rings. The molecule has 7 nitrogen and oxygen atoms in total. The average Bonchev–Trinajstić information content (AvgIpc) is 2.86. The molecule has 1 aromatic heterocycles. The van der Waals surface area contributed by atoms with Crippen LogP contribution < -0.4 is 5.32 Å². The van der Waals surface area contributed by atoms with Crippen LogP contribution in [0, 0.1) is 21.4 Å². The van der Waals surface area contributed by atoms with Crippen molar-refractivity contribution in [1.82, 2.24) is 9.78 Å². The molecule has 1 heterocycles. The van der Waals surface area contributed by atoms with Gasteiger partial charge in [0.2, 0.25) is 0 Å². The summed E-state index contributed by atoms with van der Waals surface area (Å²) in [5.41, 5.74) is 1.46. The maximum atomic E-state index is 10.6. The topological polar surface area (TPSA) is 96.8 Å². The number of benzene rings is 1. The van der Waals surface area contributed by atoms with Gasteiger partial charge in [0.1, 0.15) is 23.1 Å². The number of nitro groups is 1. The second-order valence-electron chi connectivity index (χ2n) is 3.96. The quantitative estimate of drug-likeness (QED) is 0.689. The Morgan fingerprint density at radius 1 is 1.41 bits per heavy atom. The first-order valence-corrected chi connectivity index (χ1v) is 6.68. The smallest absolute Gasteiger partial charge is 0.269 e. The lowest BCUT2D eigenvalue weighted by Gasteiger charge is -1.99. The van der Waals surface area contributed by atoms with E-state index >= 15 is 0 Å². The molecule has 1 N–H and O–H groups in total. The lowest BCUT2D eigenvalue weighted by molar-refractivity contribution is -0.384. The Balaban J connectivity index is 0.00000116. The summed E-state index contributed by atoms with van der Waals surface area (Å²) in [5, 5.41) is 27.0. The van der Waals surface area contributed by atoms with E-state index in [2.05, 4.69) is 23.1 Å². The second kappa shape index (κ2) is 7.59. The van der Waals surface area contributed by atoms with Gasteiger partial charge in [0.15, 0.2) is 0 Å². The molecular formula is C15H17N5O2. The van der Waals surface area contributed by atoms with E-state index in [4.69, 9.17) is 0 Å². The molecule has 114 valence electrons. The van der Waals surface area contributed by atoms with Gasteiger partial charge in [-0.3, -0.25) is 14.8 Å². The predicted octanol–water partition coefficient (Wildman–Crippen LogP) is 3.45. The maximum Gasteiger partial charge on any atom is 0.269 e. The zero-order valence-corrected chi connectivity index (χ0v) is 12.7. The first-order chi connectivity index (χ1) is 10.6. The van der Waals surface area contributed by atoms with Crippen LogP contribution in [0.5, 0.6) is 0 Å². The minimum absolute atomic E-state index is 0.00683. The van der Waals surface area contributed by atoms with E-state index in [1.54, 1.807) is 19.2 Å². The molecule has 0 aliphatic heterocycles. The van der Waals surface area contributed by atoms with Crippen LogP contribution in [0.15, 0.2) is 37.0 Å². The molecule has 0 bridgehead atoms. The first kappa shape index (κ1) is 16.9. The number of anilines is 1. The molecule has 7 heteroatoms. The number of aryl methyl sites for hydroxylation is 1. The zero-order valence-electron chi connectivity index (χ0n) is 12.7. The minimum atomic E-state index is -0.474. The molecule has 22 heavy (non-hydrogen) atoms. The molecule has 0 saturated heterocycles. The van der Waals surface area contributed by atoms with E-state index in [1.165, 1.54) is 23.0 Å². The molecule has 0 amide bonds. The van der Waals surface area contributed by atoms with E-state index in [-0.39, 0.29) is 5.69 Å². The molecule has 0 spiro atoms. The number of nitrogens with one attached hydrogen (secondary N) is 1. The van der Waals surface area contributed by atoms with Gasteiger partial charge in [-0.1, -0.05) is 20.4 Å². The molecule has 0 unspecified atom stereocenters. The van der Waals surface area contributed by atoms with Crippen LogP contribution in [0.2, 0.25) is 0 Å². The highest BCUT2D eigenvalue weighted by Gasteiger charge is 2.17. The van der Waals surface area contributed by atoms with Gasteiger partial charge in [-0.05, 0) is 18.3 Å². The first-order valence-electron chi connectivity index (χ1n) is 6.68. The third-order valence-electron chi connectivity index (χ3n) is 2.75. The van der Waals surface area contributed by atoms with E-state index < -0.39 is 4.92 Å². The van der Waals surface area contributed by atoms with Crippen molar-refractivity contribution in [3.05, 3.63) is 52.7 Å². The number of rotatable bonds is 4. The predicted molar refractivity (Wildman–Crippen MR) is 85.2 cm³/mol. The van der Waals surface area contributed by atoms with E-state index in [1.807, 2.05) is 13.8 Å². The van der Waals surface area contributed by atoms with E-state index in [9.17, 15) is 15.4 Å². The third-order valence-corrected chi connectivity index (χ3v) is 2.75. The zero-order chi connectivity index (χ0) is 16.7. The second-order valence-corrected chi connectivity index (χ2v) is 3.96. The Bertz CT molecular complexity index is 711. The normalized spacial score (nSPS) is 9.18. The van der Waals surface area contributed by atoms with E-state index in [0.29, 0.717) is 22.6 Å². The summed E-state index contributed by atoms with van der Waals surface area (Å²) in [6.07, 6.45) is 1.46.